The van der Waals surface area contributed by atoms with Crippen molar-refractivity contribution < 1.29 is 5.11 Å². The van der Waals surface area contributed by atoms with Crippen LogP contribution in [0.15, 0.2) is 18.3 Å². The van der Waals surface area contributed by atoms with Crippen LogP contribution in [0.2, 0.25) is 0 Å². The quantitative estimate of drug-likeness (QED) is 0.711. The molecule has 0 aliphatic carbocycles. The Morgan fingerprint density at radius 3 is 2.83 bits per heavy atom. The molecule has 0 spiro atoms. The molecule has 0 amide bonds. The molecule has 62 valence electrons. The Bertz CT molecular complexity index is 433. The standard InChI is InChI=1S/C9H8INO/c1-5-2-3-7(12)9-8(5)6(10)4-11-9/h2-4,11-12H,1H3. The first kappa shape index (κ1) is 7.91. The number of nitrogens with one attached hydrogen (secondary N) is 1. The number of phenolic OH excluding ortho intramolecular Hbond substituents is 1. The molecule has 0 unspecified atom stereocenters. The van der Waals surface area contributed by atoms with Crippen molar-refractivity contribution in [1.29, 1.82) is 0 Å². The van der Waals surface area contributed by atoms with Crippen molar-refractivity contribution in [3.05, 3.63) is 27.5 Å². The molecule has 12 heavy (non-hydrogen) atoms. The van der Waals surface area contributed by atoms with Gasteiger partial charge in [0.05, 0.1) is 5.52 Å². The van der Waals surface area contributed by atoms with E-state index in [1.54, 1.807) is 6.07 Å². The zero-order valence-electron chi connectivity index (χ0n) is 6.56. The highest BCUT2D eigenvalue weighted by atomic mass is 127. The van der Waals surface area contributed by atoms with Crippen LogP contribution in [0.25, 0.3) is 10.9 Å². The zero-order chi connectivity index (χ0) is 8.72. The van der Waals surface area contributed by atoms with Crippen LogP contribution in [0.4, 0.5) is 0 Å². The maximum atomic E-state index is 9.47. The molecule has 2 aromatic rings. The van der Waals surface area contributed by atoms with Crippen molar-refractivity contribution in [1.82, 2.24) is 4.98 Å². The van der Waals surface area contributed by atoms with E-state index < -0.39 is 0 Å². The number of aromatic nitrogens is 1. The molecule has 0 atom stereocenters. The maximum absolute atomic E-state index is 9.47. The summed E-state index contributed by atoms with van der Waals surface area (Å²) in [6.07, 6.45) is 1.90. The summed E-state index contributed by atoms with van der Waals surface area (Å²) in [5.41, 5.74) is 2.02. The minimum Gasteiger partial charge on any atom is -0.506 e. The van der Waals surface area contributed by atoms with Gasteiger partial charge in [0.15, 0.2) is 0 Å². The van der Waals surface area contributed by atoms with Gasteiger partial charge >= 0.3 is 0 Å². The lowest BCUT2D eigenvalue weighted by atomic mass is 10.1. The summed E-state index contributed by atoms with van der Waals surface area (Å²) in [4.78, 5) is 3.04. The average Bonchev–Trinajstić information content (AvgIpc) is 2.42. The first-order valence-corrected chi connectivity index (χ1v) is 4.73. The number of aromatic amines is 1. The number of phenols is 1. The Labute approximate surface area is 83.7 Å². The van der Waals surface area contributed by atoms with Gasteiger partial charge in [-0.3, -0.25) is 0 Å². The summed E-state index contributed by atoms with van der Waals surface area (Å²) < 4.78 is 1.15. The molecule has 0 saturated heterocycles. The highest BCUT2D eigenvalue weighted by molar-refractivity contribution is 14.1. The van der Waals surface area contributed by atoms with E-state index in [-0.39, 0.29) is 0 Å². The Morgan fingerprint density at radius 1 is 1.42 bits per heavy atom. The van der Waals surface area contributed by atoms with Crippen LogP contribution in [0, 0.1) is 10.5 Å². The van der Waals surface area contributed by atoms with Crippen molar-refractivity contribution in [3.8, 4) is 5.75 Å². The molecule has 2 nitrogen and oxygen atoms in total. The molecular formula is C9H8INO. The van der Waals surface area contributed by atoms with E-state index in [4.69, 9.17) is 0 Å². The smallest absolute Gasteiger partial charge is 0.139 e. The Morgan fingerprint density at radius 2 is 2.17 bits per heavy atom. The molecule has 1 aromatic carbocycles. The second-order valence-electron chi connectivity index (χ2n) is 2.79. The molecule has 0 aliphatic rings. The van der Waals surface area contributed by atoms with Gasteiger partial charge in [0, 0.05) is 15.2 Å². The number of hydrogen-bond donors (Lipinski definition) is 2. The number of halogens is 1. The van der Waals surface area contributed by atoms with Crippen LogP contribution in [-0.4, -0.2) is 10.1 Å². The third-order valence-electron chi connectivity index (χ3n) is 1.97. The molecule has 0 aliphatic heterocycles. The molecule has 2 rings (SSSR count). The Hall–Kier alpha value is -0.710. The number of aromatic hydroxyl groups is 1. The summed E-state index contributed by atoms with van der Waals surface area (Å²) in [6, 6.07) is 3.64. The number of aryl methyl sites for hydroxylation is 1. The van der Waals surface area contributed by atoms with Crippen molar-refractivity contribution in [3.63, 3.8) is 0 Å². The topological polar surface area (TPSA) is 36.0 Å². The van der Waals surface area contributed by atoms with Gasteiger partial charge in [0.2, 0.25) is 0 Å². The molecule has 1 aromatic heterocycles. The second kappa shape index (κ2) is 2.65. The first-order valence-electron chi connectivity index (χ1n) is 3.65. The Balaban J connectivity index is 2.98. The lowest BCUT2D eigenvalue weighted by Gasteiger charge is -1.98. The van der Waals surface area contributed by atoms with Gasteiger partial charge in [-0.05, 0) is 41.1 Å². The summed E-state index contributed by atoms with van der Waals surface area (Å²) >= 11 is 2.25. The highest BCUT2D eigenvalue weighted by Crippen LogP contribution is 2.29. The van der Waals surface area contributed by atoms with Gasteiger partial charge in [0.25, 0.3) is 0 Å². The van der Waals surface area contributed by atoms with E-state index in [0.717, 1.165) is 14.5 Å². The van der Waals surface area contributed by atoms with Gasteiger partial charge in [-0.2, -0.15) is 0 Å². The lowest BCUT2D eigenvalue weighted by molar-refractivity contribution is 0.480. The number of benzene rings is 1. The van der Waals surface area contributed by atoms with E-state index in [1.165, 1.54) is 5.56 Å². The van der Waals surface area contributed by atoms with Gasteiger partial charge < -0.3 is 10.1 Å². The van der Waals surface area contributed by atoms with E-state index in [9.17, 15) is 5.11 Å². The zero-order valence-corrected chi connectivity index (χ0v) is 8.71. The average molecular weight is 273 g/mol. The van der Waals surface area contributed by atoms with Crippen LogP contribution in [-0.2, 0) is 0 Å². The first-order chi connectivity index (χ1) is 5.70. The second-order valence-corrected chi connectivity index (χ2v) is 3.95. The van der Waals surface area contributed by atoms with Crippen molar-refractivity contribution >= 4 is 33.5 Å². The van der Waals surface area contributed by atoms with Crippen molar-refractivity contribution in [2.24, 2.45) is 0 Å². The number of H-pyrrole nitrogens is 1. The van der Waals surface area contributed by atoms with Gasteiger partial charge in [0.1, 0.15) is 5.75 Å². The van der Waals surface area contributed by atoms with Gasteiger partial charge in [-0.1, -0.05) is 6.07 Å². The monoisotopic (exact) mass is 273 g/mol. The molecule has 0 fully saturated rings. The summed E-state index contributed by atoms with van der Waals surface area (Å²) in [6.45, 7) is 2.04. The predicted octanol–water partition coefficient (Wildman–Crippen LogP) is 2.79. The largest absolute Gasteiger partial charge is 0.506 e. The third kappa shape index (κ3) is 0.998. The lowest BCUT2D eigenvalue weighted by Crippen LogP contribution is -1.76. The van der Waals surface area contributed by atoms with Crippen LogP contribution in [0.1, 0.15) is 5.56 Å². The summed E-state index contributed by atoms with van der Waals surface area (Å²) in [5.74, 6) is 0.318. The fourth-order valence-corrected chi connectivity index (χ4v) is 2.21. The van der Waals surface area contributed by atoms with Crippen molar-refractivity contribution in [2.45, 2.75) is 6.92 Å². The molecule has 0 bridgehead atoms. The van der Waals surface area contributed by atoms with E-state index in [1.807, 2.05) is 19.2 Å². The molecule has 3 heteroatoms. The summed E-state index contributed by atoms with van der Waals surface area (Å²) in [5, 5.41) is 10.6. The highest BCUT2D eigenvalue weighted by Gasteiger charge is 2.06. The predicted molar refractivity (Wildman–Crippen MR) is 57.4 cm³/mol. The number of fused-ring (bicyclic) bond motifs is 1. The van der Waals surface area contributed by atoms with E-state index in [2.05, 4.69) is 27.6 Å². The van der Waals surface area contributed by atoms with Crippen LogP contribution in [0.3, 0.4) is 0 Å². The maximum Gasteiger partial charge on any atom is 0.139 e. The third-order valence-corrected chi connectivity index (χ3v) is 2.82. The van der Waals surface area contributed by atoms with Gasteiger partial charge in [-0.25, -0.2) is 0 Å². The number of hydrogen-bond acceptors (Lipinski definition) is 1. The minimum atomic E-state index is 0.318. The van der Waals surface area contributed by atoms with Gasteiger partial charge in [-0.15, -0.1) is 0 Å². The van der Waals surface area contributed by atoms with Crippen LogP contribution < -0.4 is 0 Å². The van der Waals surface area contributed by atoms with Crippen LogP contribution in [0.5, 0.6) is 5.75 Å². The molecule has 0 saturated carbocycles. The minimum absolute atomic E-state index is 0.318. The molecule has 2 N–H and O–H groups in total. The Kier molecular flexibility index (Phi) is 1.75. The molecule has 0 radical (unpaired) electrons. The fourth-order valence-electron chi connectivity index (χ4n) is 1.36. The number of rotatable bonds is 0. The van der Waals surface area contributed by atoms with Crippen molar-refractivity contribution in [2.75, 3.05) is 0 Å². The van der Waals surface area contributed by atoms with E-state index in [0.29, 0.717) is 5.75 Å². The fraction of sp³-hybridized carbons (Fsp3) is 0.111. The van der Waals surface area contributed by atoms with E-state index >= 15 is 0 Å². The molecular weight excluding hydrogens is 265 g/mol. The summed E-state index contributed by atoms with van der Waals surface area (Å²) in [7, 11) is 0. The van der Waals surface area contributed by atoms with Crippen LogP contribution >= 0.6 is 22.6 Å². The molecule has 1 heterocycles. The normalized spacial score (nSPS) is 10.8. The SMILES string of the molecule is Cc1ccc(O)c2[nH]cc(I)c12.